The van der Waals surface area contributed by atoms with E-state index in [1.807, 2.05) is 0 Å². The predicted octanol–water partition coefficient (Wildman–Crippen LogP) is 2.20. The number of sulfone groups is 1. The van der Waals surface area contributed by atoms with Gasteiger partial charge in [0.2, 0.25) is 5.24 Å². The third kappa shape index (κ3) is 3.22. The van der Waals surface area contributed by atoms with Gasteiger partial charge in [0, 0.05) is 17.7 Å². The fourth-order valence-electron chi connectivity index (χ4n) is 3.11. The highest BCUT2D eigenvalue weighted by Gasteiger charge is 2.36. The Hall–Kier alpha value is -0.720. The third-order valence-corrected chi connectivity index (χ3v) is 6.26. The minimum atomic E-state index is -3.53. The first-order valence-electron chi connectivity index (χ1n) is 6.80. The van der Waals surface area contributed by atoms with Crippen LogP contribution in [0.4, 0.5) is 0 Å². The highest BCUT2D eigenvalue weighted by Crippen LogP contribution is 2.40. The number of allylic oxidation sites excluding steroid dienone is 3. The molecule has 1 saturated carbocycles. The molecule has 7 heteroatoms. The molecule has 1 fully saturated rings. The van der Waals surface area contributed by atoms with Crippen molar-refractivity contribution in [1.82, 2.24) is 0 Å². The Morgan fingerprint density at radius 2 is 1.90 bits per heavy atom. The average Bonchev–Trinajstić information content (AvgIpc) is 2.89. The summed E-state index contributed by atoms with van der Waals surface area (Å²) in [6, 6.07) is 0. The first kappa shape index (κ1) is 16.6. The van der Waals surface area contributed by atoms with E-state index in [1.54, 1.807) is 6.92 Å². The summed E-state index contributed by atoms with van der Waals surface area (Å²) in [5, 5.41) is -0.708. The molecule has 0 saturated heterocycles. The Balaban J connectivity index is 2.75. The van der Waals surface area contributed by atoms with Gasteiger partial charge in [-0.1, -0.05) is 19.8 Å². The normalized spacial score (nSPS) is 24.2. The van der Waals surface area contributed by atoms with Crippen LogP contribution in [0.2, 0.25) is 0 Å². The molecule has 0 amide bonds. The third-order valence-electron chi connectivity index (χ3n) is 4.16. The van der Waals surface area contributed by atoms with E-state index in [-0.39, 0.29) is 27.7 Å². The number of hydrogen-bond donors (Lipinski definition) is 0. The van der Waals surface area contributed by atoms with Crippen molar-refractivity contribution in [1.29, 1.82) is 0 Å². The summed E-state index contributed by atoms with van der Waals surface area (Å²) in [5.74, 6) is -0.365. The van der Waals surface area contributed by atoms with Crippen molar-refractivity contribution < 1.29 is 17.4 Å². The lowest BCUT2D eigenvalue weighted by Gasteiger charge is -2.27. The highest BCUT2D eigenvalue weighted by molar-refractivity contribution is 7.94. The number of carbonyl (C=O) groups is 1. The van der Waals surface area contributed by atoms with Crippen molar-refractivity contribution in [3.05, 3.63) is 22.1 Å². The van der Waals surface area contributed by atoms with Gasteiger partial charge in [-0.3, -0.25) is 4.79 Å². The van der Waals surface area contributed by atoms with Crippen LogP contribution in [0.5, 0.6) is 0 Å². The first-order chi connectivity index (χ1) is 9.77. The Kier molecular flexibility index (Phi) is 4.90. The van der Waals surface area contributed by atoms with Crippen molar-refractivity contribution in [3.8, 4) is 0 Å². The van der Waals surface area contributed by atoms with Gasteiger partial charge in [-0.2, -0.15) is 0 Å². The largest absolute Gasteiger partial charge is 0.276 e. The van der Waals surface area contributed by atoms with Gasteiger partial charge >= 0.3 is 0 Å². The topological polar surface area (TPSA) is 68.3 Å². The number of carbonyl (C=O) groups excluding carboxylic acids is 1. The molecule has 2 rings (SSSR count). The Morgan fingerprint density at radius 1 is 1.33 bits per heavy atom. The lowest BCUT2D eigenvalue weighted by molar-refractivity contribution is -0.108. The minimum Gasteiger partial charge on any atom is -0.276 e. The average molecular weight is 349 g/mol. The fourth-order valence-corrected chi connectivity index (χ4v) is 5.05. The molecule has 2 aliphatic carbocycles. The molecule has 0 aliphatic heterocycles. The first-order valence-corrected chi connectivity index (χ1v) is 9.81. The van der Waals surface area contributed by atoms with Crippen LogP contribution in [0.25, 0.3) is 0 Å². The summed E-state index contributed by atoms with van der Waals surface area (Å²) in [7, 11) is -3.53. The zero-order valence-corrected chi connectivity index (χ0v) is 14.3. The van der Waals surface area contributed by atoms with Crippen LogP contribution >= 0.6 is 11.6 Å². The van der Waals surface area contributed by atoms with E-state index in [2.05, 4.69) is 0 Å². The maximum Gasteiger partial charge on any atom is 0.249 e. The van der Waals surface area contributed by atoms with Gasteiger partial charge < -0.3 is 0 Å². The Morgan fingerprint density at radius 3 is 2.33 bits per heavy atom. The van der Waals surface area contributed by atoms with Gasteiger partial charge in [-0.05, 0) is 42.0 Å². The van der Waals surface area contributed by atoms with Crippen molar-refractivity contribution >= 4 is 42.8 Å². The summed E-state index contributed by atoms with van der Waals surface area (Å²) >= 11 is 5.83. The van der Waals surface area contributed by atoms with Gasteiger partial charge in [0.1, 0.15) is 0 Å². The summed E-state index contributed by atoms with van der Waals surface area (Å²) < 4.78 is 35.8. The van der Waals surface area contributed by atoms with Crippen LogP contribution in [-0.2, 0) is 25.9 Å². The van der Waals surface area contributed by atoms with Crippen molar-refractivity contribution in [2.45, 2.75) is 32.6 Å². The molecule has 0 spiro atoms. The number of hydrogen-bond acceptors (Lipinski definition) is 4. The molecule has 0 bridgehead atoms. The smallest absolute Gasteiger partial charge is 0.249 e. The molecule has 4 nitrogen and oxygen atoms in total. The molecule has 2 aliphatic rings. The van der Waals surface area contributed by atoms with E-state index in [0.29, 0.717) is 10.4 Å². The molecule has 0 aromatic carbocycles. The van der Waals surface area contributed by atoms with Crippen LogP contribution in [0.15, 0.2) is 22.1 Å². The van der Waals surface area contributed by atoms with E-state index < -0.39 is 21.0 Å². The molecule has 0 aromatic rings. The lowest BCUT2D eigenvalue weighted by atomic mass is 9.82. The Bertz CT molecular complexity index is 690. The van der Waals surface area contributed by atoms with E-state index >= 15 is 0 Å². The van der Waals surface area contributed by atoms with Crippen molar-refractivity contribution in [2.24, 2.45) is 11.8 Å². The molecule has 0 aromatic heterocycles. The number of halogens is 1. The highest BCUT2D eigenvalue weighted by atomic mass is 35.5. The number of rotatable bonds is 3. The molecule has 1 atom stereocenters. The molecule has 0 N–H and O–H groups in total. The van der Waals surface area contributed by atoms with E-state index in [1.165, 1.54) is 6.08 Å². The quantitative estimate of drug-likeness (QED) is 0.579. The monoisotopic (exact) mass is 348 g/mol. The van der Waals surface area contributed by atoms with Crippen LogP contribution in [0, 0.1) is 11.8 Å². The molecule has 21 heavy (non-hydrogen) atoms. The predicted molar refractivity (Wildman–Crippen MR) is 85.1 cm³/mol. The molecular weight excluding hydrogens is 332 g/mol. The maximum absolute atomic E-state index is 12.1. The fraction of sp³-hybridized carbons (Fsp3) is 0.571. The van der Waals surface area contributed by atoms with E-state index in [4.69, 9.17) is 11.6 Å². The summed E-state index contributed by atoms with van der Waals surface area (Å²) in [6.07, 6.45) is 6.28. The summed E-state index contributed by atoms with van der Waals surface area (Å²) in [6.45, 7) is 1.72. The Labute approximate surface area is 133 Å². The van der Waals surface area contributed by atoms with Gasteiger partial charge in [-0.25, -0.2) is 12.6 Å². The molecule has 0 radical (unpaired) electrons. The zero-order chi connectivity index (χ0) is 15.8. The van der Waals surface area contributed by atoms with Gasteiger partial charge in [-0.15, -0.1) is 0 Å². The summed E-state index contributed by atoms with van der Waals surface area (Å²) in [5.41, 5.74) is 0.793. The van der Waals surface area contributed by atoms with Crippen molar-refractivity contribution in [3.63, 3.8) is 0 Å². The van der Waals surface area contributed by atoms with E-state index in [0.717, 1.165) is 31.9 Å². The molecular formula is C14H17ClO4S2. The second-order valence-electron chi connectivity index (χ2n) is 5.57. The van der Waals surface area contributed by atoms with Crippen molar-refractivity contribution in [2.75, 3.05) is 6.26 Å². The second-order valence-corrected chi connectivity index (χ2v) is 8.51. The van der Waals surface area contributed by atoms with E-state index in [9.17, 15) is 17.4 Å². The van der Waals surface area contributed by atoms with Crippen LogP contribution in [0.1, 0.15) is 32.6 Å². The molecule has 1 unspecified atom stereocenters. The second kappa shape index (κ2) is 6.18. The van der Waals surface area contributed by atoms with Crippen LogP contribution in [-0.4, -0.2) is 29.0 Å². The lowest BCUT2D eigenvalue weighted by Crippen LogP contribution is -2.29. The summed E-state index contributed by atoms with van der Waals surface area (Å²) in [4.78, 5) is 12.0. The zero-order valence-electron chi connectivity index (χ0n) is 11.9. The SMILES string of the molecule is CC1C(C(=O)Cl)=CC(S(C)(=O)=O)=C(C2CCCC2)C1=S=O. The van der Waals surface area contributed by atoms with Crippen LogP contribution < -0.4 is 0 Å². The standard InChI is InChI=1S/C14H17ClO4S2/c1-8-10(14(15)16)7-11(21(2,18)19)12(13(8)20-17)9-5-3-4-6-9/h7-9H,3-6H2,1-2H3. The van der Waals surface area contributed by atoms with Gasteiger partial charge in [0.05, 0.1) is 21.0 Å². The maximum atomic E-state index is 12.1. The molecule has 116 valence electrons. The molecule has 0 heterocycles. The van der Waals surface area contributed by atoms with Crippen LogP contribution in [0.3, 0.4) is 0 Å². The van der Waals surface area contributed by atoms with Gasteiger partial charge in [0.15, 0.2) is 9.84 Å². The van der Waals surface area contributed by atoms with Gasteiger partial charge in [0.25, 0.3) is 0 Å². The minimum absolute atomic E-state index is 0.0804.